The number of hydrogen-bond donors (Lipinski definition) is 3. The number of fused-ring (bicyclic) bond motifs is 1. The van der Waals surface area contributed by atoms with Crippen molar-refractivity contribution >= 4 is 17.5 Å². The molecule has 11 heteroatoms. The van der Waals surface area contributed by atoms with Crippen molar-refractivity contribution in [3.8, 4) is 11.3 Å². The number of carbonyl (C=O) groups is 1. The quantitative estimate of drug-likeness (QED) is 0.387. The molecule has 3 aromatic heterocycles. The third-order valence-corrected chi connectivity index (χ3v) is 5.92. The lowest BCUT2D eigenvalue weighted by molar-refractivity contribution is 0.0896. The van der Waals surface area contributed by atoms with E-state index in [0.717, 1.165) is 41.0 Å². The summed E-state index contributed by atoms with van der Waals surface area (Å²) >= 11 is 0. The second-order valence-corrected chi connectivity index (χ2v) is 9.86. The van der Waals surface area contributed by atoms with E-state index in [9.17, 15) is 4.79 Å². The van der Waals surface area contributed by atoms with Crippen molar-refractivity contribution in [2.45, 2.75) is 45.2 Å². The van der Waals surface area contributed by atoms with E-state index in [1.54, 1.807) is 17.1 Å². The fourth-order valence-corrected chi connectivity index (χ4v) is 4.07. The Morgan fingerprint density at radius 2 is 2.08 bits per heavy atom. The van der Waals surface area contributed by atoms with Crippen LogP contribution in [0.4, 0.5) is 11.6 Å². The van der Waals surface area contributed by atoms with Gasteiger partial charge >= 0.3 is 11.8 Å². The molecule has 0 radical (unpaired) electrons. The fraction of sp³-hybridized carbons (Fsp3) is 0.360. The molecule has 11 nitrogen and oxygen atoms in total. The summed E-state index contributed by atoms with van der Waals surface area (Å²) in [5.41, 5.74) is 4.40. The molecule has 1 atom stereocenters. The van der Waals surface area contributed by atoms with Gasteiger partial charge in [-0.3, -0.25) is 9.48 Å². The van der Waals surface area contributed by atoms with E-state index in [4.69, 9.17) is 4.42 Å². The van der Waals surface area contributed by atoms with E-state index in [2.05, 4.69) is 47.3 Å². The number of nitrogens with zero attached hydrogens (tertiary/aromatic N) is 6. The summed E-state index contributed by atoms with van der Waals surface area (Å²) in [4.78, 5) is 21.9. The smallest absolute Gasteiger partial charge is 0.309 e. The normalized spacial score (nSPS) is 15.7. The Bertz CT molecular complexity index is 1390. The number of aromatic nitrogens is 6. The highest BCUT2D eigenvalue weighted by atomic mass is 16.4. The average molecular weight is 488 g/mol. The van der Waals surface area contributed by atoms with Crippen molar-refractivity contribution in [3.63, 3.8) is 0 Å². The van der Waals surface area contributed by atoms with E-state index in [1.807, 2.05) is 52.2 Å². The van der Waals surface area contributed by atoms with Crippen LogP contribution in [0.2, 0.25) is 0 Å². The maximum atomic E-state index is 12.9. The predicted octanol–water partition coefficient (Wildman–Crippen LogP) is 3.27. The van der Waals surface area contributed by atoms with Crippen LogP contribution in [0.3, 0.4) is 0 Å². The third kappa shape index (κ3) is 5.10. The van der Waals surface area contributed by atoms with E-state index in [1.165, 1.54) is 0 Å². The molecule has 0 saturated heterocycles. The van der Waals surface area contributed by atoms with Gasteiger partial charge in [0.2, 0.25) is 11.8 Å². The van der Waals surface area contributed by atoms with Crippen LogP contribution < -0.4 is 16.0 Å². The summed E-state index contributed by atoms with van der Waals surface area (Å²) in [6, 6.07) is 7.86. The summed E-state index contributed by atoms with van der Waals surface area (Å²) in [6.07, 6.45) is 6.04. The first-order chi connectivity index (χ1) is 17.3. The van der Waals surface area contributed by atoms with Crippen LogP contribution in [0, 0.1) is 0 Å². The Kier molecular flexibility index (Phi) is 6.23. The maximum absolute atomic E-state index is 12.9. The van der Waals surface area contributed by atoms with Gasteiger partial charge in [-0.15, -0.1) is 10.2 Å². The zero-order chi connectivity index (χ0) is 25.3. The van der Waals surface area contributed by atoms with E-state index >= 15 is 0 Å². The molecule has 4 heterocycles. The lowest BCUT2D eigenvalue weighted by Gasteiger charge is -2.19. The van der Waals surface area contributed by atoms with E-state index in [-0.39, 0.29) is 23.3 Å². The Balaban J connectivity index is 1.36. The van der Waals surface area contributed by atoms with Gasteiger partial charge in [0.15, 0.2) is 0 Å². The fourth-order valence-electron chi connectivity index (χ4n) is 4.07. The van der Waals surface area contributed by atoms with E-state index in [0.29, 0.717) is 18.4 Å². The number of benzene rings is 1. The van der Waals surface area contributed by atoms with Crippen molar-refractivity contribution in [3.05, 3.63) is 65.8 Å². The van der Waals surface area contributed by atoms with Gasteiger partial charge < -0.3 is 20.4 Å². The zero-order valence-corrected chi connectivity index (χ0v) is 20.7. The SMILES string of the molecule is Cn1cc(Nc2nccc(-c3ccc4c(c3)CNCC[C@@H]4NC(=O)c3nnc(C(C)(C)C)o3)n2)cn1. The Labute approximate surface area is 208 Å². The molecule has 36 heavy (non-hydrogen) atoms. The van der Waals surface area contributed by atoms with Crippen molar-refractivity contribution < 1.29 is 9.21 Å². The Hall–Kier alpha value is -4.12. The number of anilines is 2. The van der Waals surface area contributed by atoms with Crippen molar-refractivity contribution in [2.75, 3.05) is 11.9 Å². The molecule has 5 rings (SSSR count). The van der Waals surface area contributed by atoms with Gasteiger partial charge in [0.25, 0.3) is 0 Å². The minimum absolute atomic E-state index is 0.0232. The average Bonchev–Trinajstić information content (AvgIpc) is 3.46. The van der Waals surface area contributed by atoms with Gasteiger partial charge in [-0.2, -0.15) is 5.10 Å². The summed E-state index contributed by atoms with van der Waals surface area (Å²) in [5, 5.41) is 21.8. The van der Waals surface area contributed by atoms with Crippen molar-refractivity contribution in [1.82, 2.24) is 40.6 Å². The molecule has 0 spiro atoms. The maximum Gasteiger partial charge on any atom is 0.309 e. The van der Waals surface area contributed by atoms with Crippen LogP contribution in [0.25, 0.3) is 11.3 Å². The Morgan fingerprint density at radius 1 is 1.22 bits per heavy atom. The monoisotopic (exact) mass is 487 g/mol. The van der Waals surface area contributed by atoms with Crippen molar-refractivity contribution in [2.24, 2.45) is 7.05 Å². The van der Waals surface area contributed by atoms with Crippen LogP contribution >= 0.6 is 0 Å². The molecule has 186 valence electrons. The summed E-state index contributed by atoms with van der Waals surface area (Å²) in [6.45, 7) is 7.34. The lowest BCUT2D eigenvalue weighted by Crippen LogP contribution is -2.30. The minimum atomic E-state index is -0.373. The van der Waals surface area contributed by atoms with Crippen LogP contribution in [-0.2, 0) is 19.0 Å². The number of hydrogen-bond acceptors (Lipinski definition) is 9. The Morgan fingerprint density at radius 3 is 2.83 bits per heavy atom. The number of aryl methyl sites for hydroxylation is 1. The summed E-state index contributed by atoms with van der Waals surface area (Å²) in [5.74, 6) is 0.530. The molecule has 0 fully saturated rings. The topological polar surface area (TPSA) is 136 Å². The first kappa shape index (κ1) is 23.6. The number of rotatable bonds is 5. The number of amides is 1. The zero-order valence-electron chi connectivity index (χ0n) is 20.7. The molecule has 4 aromatic rings. The predicted molar refractivity (Wildman–Crippen MR) is 133 cm³/mol. The first-order valence-corrected chi connectivity index (χ1v) is 11.8. The summed E-state index contributed by atoms with van der Waals surface area (Å²) in [7, 11) is 1.85. The minimum Gasteiger partial charge on any atom is -0.416 e. The van der Waals surface area contributed by atoms with Gasteiger partial charge in [-0.1, -0.05) is 32.9 Å². The standard InChI is InChI=1S/C25H29N9O2/c1-25(2,3)23-33-32-22(36-23)21(35)30-20-7-9-26-12-16-11-15(5-6-18(16)20)19-8-10-27-24(31-19)29-17-13-28-34(4)14-17/h5-6,8,10-11,13-14,20,26H,7,9,12H2,1-4H3,(H,30,35)(H,27,29,31)/t20-/m0/s1. The molecule has 0 aliphatic carbocycles. The summed E-state index contributed by atoms with van der Waals surface area (Å²) < 4.78 is 7.34. The van der Waals surface area contributed by atoms with Crippen molar-refractivity contribution in [1.29, 1.82) is 0 Å². The highest BCUT2D eigenvalue weighted by Crippen LogP contribution is 2.29. The lowest BCUT2D eigenvalue weighted by atomic mass is 9.96. The highest BCUT2D eigenvalue weighted by molar-refractivity contribution is 5.89. The molecule has 1 aliphatic heterocycles. The third-order valence-electron chi connectivity index (χ3n) is 5.92. The molecule has 1 amide bonds. The first-order valence-electron chi connectivity index (χ1n) is 11.8. The van der Waals surface area contributed by atoms with Gasteiger partial charge in [0, 0.05) is 37.0 Å². The van der Waals surface area contributed by atoms with Crippen LogP contribution in [-0.4, -0.2) is 42.4 Å². The van der Waals surface area contributed by atoms with Gasteiger partial charge in [0.05, 0.1) is 23.6 Å². The number of carbonyl (C=O) groups excluding carboxylic acids is 1. The number of nitrogens with one attached hydrogen (secondary N) is 3. The molecule has 3 N–H and O–H groups in total. The van der Waals surface area contributed by atoms with Crippen LogP contribution in [0.5, 0.6) is 0 Å². The molecule has 1 aromatic carbocycles. The van der Waals surface area contributed by atoms with E-state index < -0.39 is 0 Å². The molecular formula is C25H29N9O2. The van der Waals surface area contributed by atoms with Gasteiger partial charge in [-0.05, 0) is 36.2 Å². The largest absolute Gasteiger partial charge is 0.416 e. The molecule has 0 unspecified atom stereocenters. The second kappa shape index (κ2) is 9.50. The van der Waals surface area contributed by atoms with Gasteiger partial charge in [0.1, 0.15) is 0 Å². The van der Waals surface area contributed by atoms with Crippen LogP contribution in [0.15, 0.2) is 47.3 Å². The molecule has 1 aliphatic rings. The molecular weight excluding hydrogens is 458 g/mol. The molecule has 0 bridgehead atoms. The van der Waals surface area contributed by atoms with Gasteiger partial charge in [-0.25, -0.2) is 9.97 Å². The molecule has 0 saturated carbocycles. The van der Waals surface area contributed by atoms with Crippen LogP contribution in [0.1, 0.15) is 60.9 Å². The second-order valence-electron chi connectivity index (χ2n) is 9.86. The highest BCUT2D eigenvalue weighted by Gasteiger charge is 2.27.